The van der Waals surface area contributed by atoms with Crippen molar-refractivity contribution in [3.63, 3.8) is 0 Å². The second-order valence-corrected chi connectivity index (χ2v) is 6.89. The first-order valence-corrected chi connectivity index (χ1v) is 8.39. The molecule has 0 saturated carbocycles. The summed E-state index contributed by atoms with van der Waals surface area (Å²) >= 11 is 1.32. The van der Waals surface area contributed by atoms with Gasteiger partial charge in [0.25, 0.3) is 0 Å². The van der Waals surface area contributed by atoms with Crippen LogP contribution in [0.5, 0.6) is 5.75 Å². The number of esters is 1. The van der Waals surface area contributed by atoms with Crippen LogP contribution in [0.4, 0.5) is 4.79 Å². The van der Waals surface area contributed by atoms with Gasteiger partial charge in [-0.15, -0.1) is 11.3 Å². The molecule has 0 saturated heterocycles. The number of ether oxygens (including phenoxy) is 2. The van der Waals surface area contributed by atoms with Gasteiger partial charge in [0.1, 0.15) is 11.4 Å². The van der Waals surface area contributed by atoms with Crippen LogP contribution in [0.15, 0.2) is 35.2 Å². The predicted molar refractivity (Wildman–Crippen MR) is 91.3 cm³/mol. The van der Waals surface area contributed by atoms with Gasteiger partial charge in [-0.25, -0.2) is 14.6 Å². The van der Waals surface area contributed by atoms with E-state index in [9.17, 15) is 9.59 Å². The van der Waals surface area contributed by atoms with Crippen LogP contribution in [0.25, 0.3) is 0 Å². The minimum atomic E-state index is -0.583. The molecule has 1 aromatic heterocycles. The molecule has 0 aliphatic rings. The second kappa shape index (κ2) is 7.44. The Hall–Kier alpha value is -2.41. The highest BCUT2D eigenvalue weighted by Gasteiger charge is 2.21. The molecule has 1 aromatic carbocycles. The van der Waals surface area contributed by atoms with E-state index < -0.39 is 17.7 Å². The van der Waals surface area contributed by atoms with E-state index >= 15 is 0 Å². The second-order valence-electron chi connectivity index (χ2n) is 6.17. The lowest BCUT2D eigenvalue weighted by molar-refractivity contribution is 0.0507. The quantitative estimate of drug-likeness (QED) is 0.669. The first-order chi connectivity index (χ1) is 11.3. The minimum absolute atomic E-state index is 0.252. The van der Waals surface area contributed by atoms with E-state index in [0.717, 1.165) is 0 Å². The molecule has 0 bridgehead atoms. The van der Waals surface area contributed by atoms with Crippen molar-refractivity contribution >= 4 is 23.4 Å². The van der Waals surface area contributed by atoms with Gasteiger partial charge >= 0.3 is 12.1 Å². The molecular weight excluding hydrogens is 328 g/mol. The van der Waals surface area contributed by atoms with Crippen LogP contribution in [-0.4, -0.2) is 22.6 Å². The lowest BCUT2D eigenvalue weighted by atomic mass is 10.1. The highest BCUT2D eigenvalue weighted by atomic mass is 32.1. The highest BCUT2D eigenvalue weighted by molar-refractivity contribution is 7.07. The summed E-state index contributed by atoms with van der Waals surface area (Å²) in [6.07, 6.45) is -0.532. The number of nitrogens with one attached hydrogen (secondary N) is 1. The first kappa shape index (κ1) is 17.9. The number of nitrogens with zero attached hydrogens (tertiary/aromatic N) is 1. The number of rotatable bonds is 4. The summed E-state index contributed by atoms with van der Waals surface area (Å²) in [5.74, 6) is -0.160. The lowest BCUT2D eigenvalue weighted by Crippen LogP contribution is -2.34. The van der Waals surface area contributed by atoms with Gasteiger partial charge in [-0.05, 0) is 33.8 Å². The summed E-state index contributed by atoms with van der Waals surface area (Å²) in [7, 11) is 0. The van der Waals surface area contributed by atoms with Gasteiger partial charge in [0.05, 0.1) is 11.6 Å². The average molecular weight is 348 g/mol. The van der Waals surface area contributed by atoms with Gasteiger partial charge < -0.3 is 14.8 Å². The van der Waals surface area contributed by atoms with E-state index in [1.807, 2.05) is 6.07 Å². The highest BCUT2D eigenvalue weighted by Crippen LogP contribution is 2.26. The van der Waals surface area contributed by atoms with Crippen molar-refractivity contribution < 1.29 is 19.1 Å². The van der Waals surface area contributed by atoms with E-state index in [4.69, 9.17) is 9.47 Å². The predicted octanol–water partition coefficient (Wildman–Crippen LogP) is 3.95. The Morgan fingerprint density at radius 2 is 1.96 bits per heavy atom. The molecule has 2 aromatic rings. The molecule has 0 unspecified atom stereocenters. The number of carbonyl (C=O) groups is 2. The van der Waals surface area contributed by atoms with E-state index in [1.165, 1.54) is 11.3 Å². The van der Waals surface area contributed by atoms with Gasteiger partial charge in [-0.1, -0.05) is 18.2 Å². The zero-order valence-electron chi connectivity index (χ0n) is 14.0. The van der Waals surface area contributed by atoms with Crippen LogP contribution in [-0.2, 0) is 4.74 Å². The van der Waals surface area contributed by atoms with Crippen molar-refractivity contribution in [3.8, 4) is 5.75 Å². The normalized spacial score (nSPS) is 12.3. The number of hydrogen-bond donors (Lipinski definition) is 1. The fourth-order valence-electron chi connectivity index (χ4n) is 1.96. The zero-order valence-corrected chi connectivity index (χ0v) is 14.8. The summed E-state index contributed by atoms with van der Waals surface area (Å²) in [5, 5.41) is 4.35. The SMILES string of the molecule is C[C@H](NC(=O)OC(C)(C)C)c1ccccc1OC(=O)c1cscn1. The molecule has 1 heterocycles. The van der Waals surface area contributed by atoms with Crippen molar-refractivity contribution in [2.75, 3.05) is 0 Å². The number of aromatic nitrogens is 1. The molecule has 6 nitrogen and oxygen atoms in total. The third kappa shape index (κ3) is 5.06. The summed E-state index contributed by atoms with van der Waals surface area (Å²) in [5.41, 5.74) is 1.91. The number of hydrogen-bond acceptors (Lipinski definition) is 6. The lowest BCUT2D eigenvalue weighted by Gasteiger charge is -2.22. The molecule has 1 N–H and O–H groups in total. The van der Waals surface area contributed by atoms with Gasteiger partial charge in [0.15, 0.2) is 5.69 Å². The molecule has 128 valence electrons. The van der Waals surface area contributed by atoms with Crippen molar-refractivity contribution in [1.82, 2.24) is 10.3 Å². The Bertz CT molecular complexity index is 708. The number of benzene rings is 1. The fraction of sp³-hybridized carbons (Fsp3) is 0.353. The summed E-state index contributed by atoms with van der Waals surface area (Å²) in [6.45, 7) is 7.17. The molecule has 0 spiro atoms. The number of alkyl carbamates (subject to hydrolysis) is 1. The Morgan fingerprint density at radius 1 is 1.25 bits per heavy atom. The molecule has 1 atom stereocenters. The zero-order chi connectivity index (χ0) is 17.7. The Kier molecular flexibility index (Phi) is 5.56. The third-order valence-electron chi connectivity index (χ3n) is 2.96. The molecule has 0 radical (unpaired) electrons. The van der Waals surface area contributed by atoms with Crippen molar-refractivity contribution in [3.05, 3.63) is 46.4 Å². The molecule has 1 amide bonds. The standard InChI is InChI=1S/C17H20N2O4S/c1-11(19-16(21)23-17(2,3)4)12-7-5-6-8-14(12)22-15(20)13-9-24-10-18-13/h5-11H,1-4H3,(H,19,21)/t11-/m0/s1. The van der Waals surface area contributed by atoms with Crippen LogP contribution in [0.3, 0.4) is 0 Å². The molecule has 2 rings (SSSR count). The summed E-state index contributed by atoms with van der Waals surface area (Å²) < 4.78 is 10.6. The summed E-state index contributed by atoms with van der Waals surface area (Å²) in [6, 6.07) is 6.63. The van der Waals surface area contributed by atoms with E-state index in [-0.39, 0.29) is 11.7 Å². The average Bonchev–Trinajstić information content (AvgIpc) is 2.99. The minimum Gasteiger partial charge on any atom is -0.444 e. The molecule has 0 aliphatic carbocycles. The monoisotopic (exact) mass is 348 g/mol. The molecule has 0 aliphatic heterocycles. The Balaban J connectivity index is 2.10. The maximum Gasteiger partial charge on any atom is 0.408 e. The molecule has 24 heavy (non-hydrogen) atoms. The number of amides is 1. The maximum atomic E-state index is 12.1. The van der Waals surface area contributed by atoms with Crippen LogP contribution in [0.2, 0.25) is 0 Å². The van der Waals surface area contributed by atoms with E-state index in [1.54, 1.807) is 56.8 Å². The van der Waals surface area contributed by atoms with Gasteiger partial charge in [0, 0.05) is 10.9 Å². The first-order valence-electron chi connectivity index (χ1n) is 7.45. The van der Waals surface area contributed by atoms with Crippen molar-refractivity contribution in [2.45, 2.75) is 39.3 Å². The van der Waals surface area contributed by atoms with Crippen molar-refractivity contribution in [1.29, 1.82) is 0 Å². The van der Waals surface area contributed by atoms with Crippen LogP contribution < -0.4 is 10.1 Å². The smallest absolute Gasteiger partial charge is 0.408 e. The topological polar surface area (TPSA) is 77.5 Å². The van der Waals surface area contributed by atoms with Crippen LogP contribution >= 0.6 is 11.3 Å². The van der Waals surface area contributed by atoms with Crippen molar-refractivity contribution in [2.24, 2.45) is 0 Å². The van der Waals surface area contributed by atoms with Gasteiger partial charge in [-0.3, -0.25) is 0 Å². The largest absolute Gasteiger partial charge is 0.444 e. The fourth-order valence-corrected chi connectivity index (χ4v) is 2.48. The summed E-state index contributed by atoms with van der Waals surface area (Å²) in [4.78, 5) is 27.9. The molecule has 7 heteroatoms. The maximum absolute atomic E-state index is 12.1. The third-order valence-corrected chi connectivity index (χ3v) is 3.55. The molecular formula is C17H20N2O4S. The number of carbonyl (C=O) groups excluding carboxylic acids is 2. The van der Waals surface area contributed by atoms with E-state index in [2.05, 4.69) is 10.3 Å². The Labute approximate surface area is 144 Å². The molecule has 0 fully saturated rings. The number of para-hydroxylation sites is 1. The van der Waals surface area contributed by atoms with Gasteiger partial charge in [-0.2, -0.15) is 0 Å². The van der Waals surface area contributed by atoms with E-state index in [0.29, 0.717) is 11.3 Å². The van der Waals surface area contributed by atoms with Crippen LogP contribution in [0.1, 0.15) is 49.8 Å². The number of thiazole rings is 1. The Morgan fingerprint density at radius 3 is 2.58 bits per heavy atom. The van der Waals surface area contributed by atoms with Crippen LogP contribution in [0, 0.1) is 0 Å². The van der Waals surface area contributed by atoms with Gasteiger partial charge in [0.2, 0.25) is 0 Å².